The van der Waals surface area contributed by atoms with Gasteiger partial charge in [0.15, 0.2) is 0 Å². The van der Waals surface area contributed by atoms with Gasteiger partial charge in [-0.2, -0.15) is 0 Å². The fraction of sp³-hybridized carbons (Fsp3) is 0.417. The first kappa shape index (κ1) is 14.8. The molecule has 19 heavy (non-hydrogen) atoms. The molecule has 1 unspecified atom stereocenters. The van der Waals surface area contributed by atoms with Gasteiger partial charge in [0.05, 0.1) is 10.5 Å². The number of benzene rings is 1. The minimum absolute atomic E-state index is 0.0819. The summed E-state index contributed by atoms with van der Waals surface area (Å²) < 4.78 is 23.1. The molecule has 104 valence electrons. The third-order valence-corrected chi connectivity index (χ3v) is 5.19. The molecule has 0 aliphatic heterocycles. The third-order valence-electron chi connectivity index (χ3n) is 3.15. The molecular weight excluding hydrogens is 354 g/mol. The summed E-state index contributed by atoms with van der Waals surface area (Å²) in [5, 5.41) is 2.87. The Hall–Kier alpha value is -0.590. The number of amides is 1. The number of halogens is 2. The minimum atomic E-state index is -3.84. The third kappa shape index (κ3) is 3.70. The fourth-order valence-electron chi connectivity index (χ4n) is 1.83. The van der Waals surface area contributed by atoms with Crippen LogP contribution >= 0.6 is 26.6 Å². The summed E-state index contributed by atoms with van der Waals surface area (Å²) >= 11 is 3.24. The van der Waals surface area contributed by atoms with Gasteiger partial charge < -0.3 is 5.32 Å². The first-order valence-electron chi connectivity index (χ1n) is 5.84. The van der Waals surface area contributed by atoms with Crippen molar-refractivity contribution in [3.05, 3.63) is 28.2 Å². The molecule has 1 N–H and O–H groups in total. The Morgan fingerprint density at radius 2 is 2.11 bits per heavy atom. The Bertz CT molecular complexity index is 613. The van der Waals surface area contributed by atoms with E-state index in [2.05, 4.69) is 21.2 Å². The van der Waals surface area contributed by atoms with E-state index in [-0.39, 0.29) is 22.4 Å². The van der Waals surface area contributed by atoms with Gasteiger partial charge in [-0.3, -0.25) is 4.79 Å². The summed E-state index contributed by atoms with van der Waals surface area (Å²) in [4.78, 5) is 12.0. The average Bonchev–Trinajstić information content (AvgIpc) is 3.11. The topological polar surface area (TPSA) is 63.2 Å². The van der Waals surface area contributed by atoms with Crippen molar-refractivity contribution in [2.45, 2.75) is 30.7 Å². The van der Waals surface area contributed by atoms with E-state index >= 15 is 0 Å². The zero-order chi connectivity index (χ0) is 14.2. The van der Waals surface area contributed by atoms with E-state index in [9.17, 15) is 13.2 Å². The van der Waals surface area contributed by atoms with Crippen LogP contribution in [0.2, 0.25) is 0 Å². The Morgan fingerprint density at radius 3 is 2.63 bits per heavy atom. The molecule has 0 saturated heterocycles. The maximum Gasteiger partial charge on any atom is 0.261 e. The van der Waals surface area contributed by atoms with Crippen LogP contribution < -0.4 is 5.32 Å². The number of hydrogen-bond donors (Lipinski definition) is 1. The molecule has 0 aromatic heterocycles. The Morgan fingerprint density at radius 1 is 1.47 bits per heavy atom. The molecule has 2 rings (SSSR count). The first-order valence-corrected chi connectivity index (χ1v) is 8.94. The molecule has 1 aliphatic rings. The molecule has 0 bridgehead atoms. The van der Waals surface area contributed by atoms with Crippen molar-refractivity contribution >= 4 is 41.6 Å². The average molecular weight is 367 g/mol. The monoisotopic (exact) mass is 365 g/mol. The number of rotatable bonds is 4. The molecule has 1 atom stereocenters. The SMILES string of the molecule is CC(NC(=O)c1cc(S(=O)(=O)Cl)ccc1Br)C1CC1. The second-order valence-corrected chi connectivity index (χ2v) is 8.10. The molecule has 7 heteroatoms. The number of carbonyl (C=O) groups excluding carboxylic acids is 1. The van der Waals surface area contributed by atoms with Crippen molar-refractivity contribution in [1.29, 1.82) is 0 Å². The van der Waals surface area contributed by atoms with Crippen LogP contribution in [-0.4, -0.2) is 20.4 Å². The highest BCUT2D eigenvalue weighted by molar-refractivity contribution is 9.10. The van der Waals surface area contributed by atoms with Crippen molar-refractivity contribution in [2.24, 2.45) is 5.92 Å². The largest absolute Gasteiger partial charge is 0.349 e. The summed E-state index contributed by atoms with van der Waals surface area (Å²) in [5.41, 5.74) is 0.272. The van der Waals surface area contributed by atoms with E-state index in [0.29, 0.717) is 10.4 Å². The molecule has 0 radical (unpaired) electrons. The van der Waals surface area contributed by atoms with Crippen LogP contribution in [0.4, 0.5) is 0 Å². The van der Waals surface area contributed by atoms with E-state index in [4.69, 9.17) is 10.7 Å². The zero-order valence-corrected chi connectivity index (χ0v) is 13.3. The van der Waals surface area contributed by atoms with Gasteiger partial charge in [0.25, 0.3) is 15.0 Å². The normalized spacial score (nSPS) is 17.0. The van der Waals surface area contributed by atoms with Crippen LogP contribution in [0.25, 0.3) is 0 Å². The summed E-state index contributed by atoms with van der Waals surface area (Å²) in [6.07, 6.45) is 2.25. The van der Waals surface area contributed by atoms with Crippen LogP contribution in [0.1, 0.15) is 30.1 Å². The fourth-order valence-corrected chi connectivity index (χ4v) is 3.03. The van der Waals surface area contributed by atoms with E-state index in [0.717, 1.165) is 12.8 Å². The van der Waals surface area contributed by atoms with Crippen LogP contribution in [0.5, 0.6) is 0 Å². The van der Waals surface area contributed by atoms with Crippen LogP contribution in [0.15, 0.2) is 27.6 Å². The predicted molar refractivity (Wildman–Crippen MR) is 76.8 cm³/mol. The molecule has 1 aliphatic carbocycles. The highest BCUT2D eigenvalue weighted by Gasteiger charge is 2.29. The Labute approximate surface area is 125 Å². The van der Waals surface area contributed by atoms with Gasteiger partial charge in [-0.05, 0) is 59.8 Å². The number of hydrogen-bond acceptors (Lipinski definition) is 3. The van der Waals surface area contributed by atoms with Crippen molar-refractivity contribution in [3.63, 3.8) is 0 Å². The van der Waals surface area contributed by atoms with Gasteiger partial charge in [-0.1, -0.05) is 0 Å². The van der Waals surface area contributed by atoms with Crippen molar-refractivity contribution in [3.8, 4) is 0 Å². The molecule has 1 aromatic rings. The van der Waals surface area contributed by atoms with E-state index < -0.39 is 9.05 Å². The Balaban J connectivity index is 2.25. The maximum absolute atomic E-state index is 12.1. The maximum atomic E-state index is 12.1. The van der Waals surface area contributed by atoms with Gasteiger partial charge in [0.2, 0.25) is 0 Å². The molecule has 1 amide bonds. The molecular formula is C12H13BrClNO3S. The highest BCUT2D eigenvalue weighted by Crippen LogP contribution is 2.32. The summed E-state index contributed by atoms with van der Waals surface area (Å²) in [6, 6.07) is 4.23. The highest BCUT2D eigenvalue weighted by atomic mass is 79.9. The molecule has 4 nitrogen and oxygen atoms in total. The summed E-state index contributed by atoms with van der Waals surface area (Å²) in [6.45, 7) is 1.95. The summed E-state index contributed by atoms with van der Waals surface area (Å²) in [7, 11) is 1.44. The minimum Gasteiger partial charge on any atom is -0.349 e. The van der Waals surface area contributed by atoms with Crippen LogP contribution in [0, 0.1) is 5.92 Å². The molecule has 1 aromatic carbocycles. The molecule has 0 heterocycles. The lowest BCUT2D eigenvalue weighted by Gasteiger charge is -2.14. The molecule has 0 spiro atoms. The van der Waals surface area contributed by atoms with Gasteiger partial charge >= 0.3 is 0 Å². The standard InChI is InChI=1S/C12H13BrClNO3S/c1-7(8-2-3-8)15-12(16)10-6-9(19(14,17)18)4-5-11(10)13/h4-8H,2-3H2,1H3,(H,15,16). The Kier molecular flexibility index (Phi) is 4.23. The van der Waals surface area contributed by atoms with Crippen LogP contribution in [0.3, 0.4) is 0 Å². The lowest BCUT2D eigenvalue weighted by Crippen LogP contribution is -2.34. The second-order valence-electron chi connectivity index (χ2n) is 4.68. The van der Waals surface area contributed by atoms with Gasteiger partial charge in [-0.25, -0.2) is 8.42 Å². The summed E-state index contributed by atoms with van der Waals surface area (Å²) in [5.74, 6) is 0.233. The van der Waals surface area contributed by atoms with Gasteiger partial charge in [-0.15, -0.1) is 0 Å². The van der Waals surface area contributed by atoms with E-state index in [1.807, 2.05) is 6.92 Å². The van der Waals surface area contributed by atoms with Crippen molar-refractivity contribution in [2.75, 3.05) is 0 Å². The molecule has 1 fully saturated rings. The van der Waals surface area contributed by atoms with Crippen molar-refractivity contribution in [1.82, 2.24) is 5.32 Å². The number of nitrogens with one attached hydrogen (secondary N) is 1. The van der Waals surface area contributed by atoms with Gasteiger partial charge in [0.1, 0.15) is 0 Å². The van der Waals surface area contributed by atoms with Gasteiger partial charge in [0, 0.05) is 21.2 Å². The zero-order valence-electron chi connectivity index (χ0n) is 10.2. The molecule has 1 saturated carbocycles. The van der Waals surface area contributed by atoms with Crippen molar-refractivity contribution < 1.29 is 13.2 Å². The smallest absolute Gasteiger partial charge is 0.261 e. The predicted octanol–water partition coefficient (Wildman–Crippen LogP) is 2.90. The van der Waals surface area contributed by atoms with E-state index in [1.54, 1.807) is 0 Å². The first-order chi connectivity index (χ1) is 8.79. The lowest BCUT2D eigenvalue weighted by molar-refractivity contribution is 0.0935. The van der Waals surface area contributed by atoms with Crippen LogP contribution in [-0.2, 0) is 9.05 Å². The number of carbonyl (C=O) groups is 1. The quantitative estimate of drug-likeness (QED) is 0.833. The lowest BCUT2D eigenvalue weighted by atomic mass is 10.1. The van der Waals surface area contributed by atoms with E-state index in [1.165, 1.54) is 18.2 Å². The second kappa shape index (κ2) is 5.42.